The summed E-state index contributed by atoms with van der Waals surface area (Å²) in [4.78, 5) is 0. The van der Waals surface area contributed by atoms with E-state index in [9.17, 15) is 0 Å². The maximum atomic E-state index is 5.84. The van der Waals surface area contributed by atoms with Crippen LogP contribution in [0.4, 0.5) is 0 Å². The standard InChI is InChI=1S/C19H19ClO/c1-16-15-18(9-5-13-20)11-12-19(16)21-14-6-10-17-7-3-2-4-8-17/h2-4,7-8,11-12,15H,6,10,13-14H2,1H3. The van der Waals surface area contributed by atoms with Gasteiger partial charge in [-0.25, -0.2) is 0 Å². The Morgan fingerprint density at radius 2 is 1.90 bits per heavy atom. The van der Waals surface area contributed by atoms with E-state index in [0.717, 1.165) is 36.3 Å². The monoisotopic (exact) mass is 298 g/mol. The summed E-state index contributed by atoms with van der Waals surface area (Å²) in [7, 11) is 0. The van der Waals surface area contributed by atoms with E-state index < -0.39 is 0 Å². The van der Waals surface area contributed by atoms with E-state index >= 15 is 0 Å². The molecule has 2 aromatic carbocycles. The molecule has 0 radical (unpaired) electrons. The number of hydrogen-bond acceptors (Lipinski definition) is 1. The minimum atomic E-state index is 0.358. The molecule has 0 N–H and O–H groups in total. The van der Waals surface area contributed by atoms with E-state index in [1.54, 1.807) is 0 Å². The summed E-state index contributed by atoms with van der Waals surface area (Å²) in [6.07, 6.45) is 2.05. The van der Waals surface area contributed by atoms with E-state index in [0.29, 0.717) is 5.88 Å². The topological polar surface area (TPSA) is 9.23 Å². The number of halogens is 1. The number of alkyl halides is 1. The lowest BCUT2D eigenvalue weighted by Crippen LogP contribution is -2.00. The van der Waals surface area contributed by atoms with Crippen LogP contribution in [0, 0.1) is 18.8 Å². The Balaban J connectivity index is 1.83. The van der Waals surface area contributed by atoms with Crippen LogP contribution in [-0.2, 0) is 6.42 Å². The molecule has 0 unspecified atom stereocenters. The molecule has 1 nitrogen and oxygen atoms in total. The minimum Gasteiger partial charge on any atom is -0.493 e. The molecule has 0 fully saturated rings. The van der Waals surface area contributed by atoms with Gasteiger partial charge < -0.3 is 4.74 Å². The second kappa shape index (κ2) is 8.39. The fraction of sp³-hybridized carbons (Fsp3) is 0.263. The van der Waals surface area contributed by atoms with Crippen LogP contribution in [0.3, 0.4) is 0 Å². The molecule has 108 valence electrons. The van der Waals surface area contributed by atoms with E-state index in [4.69, 9.17) is 16.3 Å². The van der Waals surface area contributed by atoms with Crippen LogP contribution in [0.15, 0.2) is 48.5 Å². The SMILES string of the molecule is Cc1cc(C#CCCl)ccc1OCCCc1ccccc1. The van der Waals surface area contributed by atoms with Gasteiger partial charge in [0.2, 0.25) is 0 Å². The molecule has 21 heavy (non-hydrogen) atoms. The van der Waals surface area contributed by atoms with Crippen molar-refractivity contribution in [1.29, 1.82) is 0 Å². The number of ether oxygens (including phenoxy) is 1. The van der Waals surface area contributed by atoms with Crippen LogP contribution in [0.25, 0.3) is 0 Å². The molecule has 0 amide bonds. The fourth-order valence-electron chi connectivity index (χ4n) is 2.13. The van der Waals surface area contributed by atoms with E-state index in [1.807, 2.05) is 31.2 Å². The number of aryl methyl sites for hydroxylation is 2. The van der Waals surface area contributed by atoms with Crippen LogP contribution in [0.5, 0.6) is 5.75 Å². The number of hydrogen-bond donors (Lipinski definition) is 0. The van der Waals surface area contributed by atoms with Gasteiger partial charge in [0.25, 0.3) is 0 Å². The van der Waals surface area contributed by atoms with E-state index in [-0.39, 0.29) is 0 Å². The van der Waals surface area contributed by atoms with Crippen LogP contribution >= 0.6 is 11.6 Å². The summed E-state index contributed by atoms with van der Waals surface area (Å²) in [6.45, 7) is 2.76. The summed E-state index contributed by atoms with van der Waals surface area (Å²) < 4.78 is 5.84. The van der Waals surface area contributed by atoms with Gasteiger partial charge in [-0.1, -0.05) is 42.2 Å². The zero-order valence-electron chi connectivity index (χ0n) is 12.2. The van der Waals surface area contributed by atoms with Crippen LogP contribution < -0.4 is 4.74 Å². The van der Waals surface area contributed by atoms with Crippen molar-refractivity contribution in [3.8, 4) is 17.6 Å². The highest BCUT2D eigenvalue weighted by Crippen LogP contribution is 2.19. The van der Waals surface area contributed by atoms with Gasteiger partial charge in [-0.15, -0.1) is 11.6 Å². The van der Waals surface area contributed by atoms with Gasteiger partial charge >= 0.3 is 0 Å². The molecular weight excluding hydrogens is 280 g/mol. The van der Waals surface area contributed by atoms with Gasteiger partial charge in [0.15, 0.2) is 0 Å². The molecule has 2 rings (SSSR count). The van der Waals surface area contributed by atoms with Crippen molar-refractivity contribution in [3.63, 3.8) is 0 Å². The van der Waals surface area contributed by atoms with Gasteiger partial charge in [-0.2, -0.15) is 0 Å². The lowest BCUT2D eigenvalue weighted by molar-refractivity contribution is 0.309. The van der Waals surface area contributed by atoms with Gasteiger partial charge in [0.05, 0.1) is 12.5 Å². The van der Waals surface area contributed by atoms with E-state index in [2.05, 4.69) is 36.1 Å². The Bertz CT molecular complexity index is 623. The first kappa shape index (κ1) is 15.5. The van der Waals surface area contributed by atoms with Crippen LogP contribution in [0.1, 0.15) is 23.1 Å². The predicted molar refractivity (Wildman–Crippen MR) is 89.0 cm³/mol. The van der Waals surface area contributed by atoms with Crippen molar-refractivity contribution in [2.24, 2.45) is 0 Å². The molecule has 0 heterocycles. The molecule has 0 aliphatic carbocycles. The Kier molecular flexibility index (Phi) is 6.19. The third-order valence-electron chi connectivity index (χ3n) is 3.18. The lowest BCUT2D eigenvalue weighted by Gasteiger charge is -2.09. The smallest absolute Gasteiger partial charge is 0.122 e. The highest BCUT2D eigenvalue weighted by molar-refractivity contribution is 6.19. The Hall–Kier alpha value is -1.91. The summed E-state index contributed by atoms with van der Waals surface area (Å²) >= 11 is 5.56. The average Bonchev–Trinajstić information content (AvgIpc) is 2.52. The fourth-order valence-corrected chi connectivity index (χ4v) is 2.19. The van der Waals surface area contributed by atoms with Crippen LogP contribution in [0.2, 0.25) is 0 Å². The van der Waals surface area contributed by atoms with Crippen molar-refractivity contribution in [1.82, 2.24) is 0 Å². The molecule has 0 aromatic heterocycles. The first-order chi connectivity index (χ1) is 10.3. The number of rotatable bonds is 5. The minimum absolute atomic E-state index is 0.358. The molecule has 2 heteroatoms. The van der Waals surface area contributed by atoms with E-state index in [1.165, 1.54) is 5.56 Å². The highest BCUT2D eigenvalue weighted by Gasteiger charge is 2.00. The molecule has 0 bridgehead atoms. The van der Waals surface area contributed by atoms with Crippen molar-refractivity contribution in [2.75, 3.05) is 12.5 Å². The second-order valence-electron chi connectivity index (χ2n) is 4.85. The summed E-state index contributed by atoms with van der Waals surface area (Å²) in [5.74, 6) is 7.16. The predicted octanol–water partition coefficient (Wildman–Crippen LogP) is 4.60. The summed E-state index contributed by atoms with van der Waals surface area (Å²) in [5, 5.41) is 0. The average molecular weight is 299 g/mol. The molecule has 0 aliphatic heterocycles. The number of benzene rings is 2. The third kappa shape index (κ3) is 5.17. The van der Waals surface area contributed by atoms with Gasteiger partial charge in [0.1, 0.15) is 5.75 Å². The molecule has 0 atom stereocenters. The Labute approximate surface area is 131 Å². The van der Waals surface area contributed by atoms with Gasteiger partial charge in [0, 0.05) is 5.56 Å². The van der Waals surface area contributed by atoms with Gasteiger partial charge in [-0.3, -0.25) is 0 Å². The van der Waals surface area contributed by atoms with Crippen molar-refractivity contribution >= 4 is 11.6 Å². The quantitative estimate of drug-likeness (QED) is 0.445. The first-order valence-electron chi connectivity index (χ1n) is 7.12. The summed E-state index contributed by atoms with van der Waals surface area (Å²) in [6, 6.07) is 16.5. The van der Waals surface area contributed by atoms with Gasteiger partial charge in [-0.05, 0) is 49.1 Å². The Morgan fingerprint density at radius 1 is 1.10 bits per heavy atom. The second-order valence-corrected chi connectivity index (χ2v) is 5.12. The zero-order valence-corrected chi connectivity index (χ0v) is 13.0. The molecule has 0 spiro atoms. The summed E-state index contributed by atoms with van der Waals surface area (Å²) in [5.41, 5.74) is 3.44. The zero-order chi connectivity index (χ0) is 14.9. The Morgan fingerprint density at radius 3 is 2.62 bits per heavy atom. The van der Waals surface area contributed by atoms with Crippen LogP contribution in [-0.4, -0.2) is 12.5 Å². The van der Waals surface area contributed by atoms with Crippen molar-refractivity contribution in [2.45, 2.75) is 19.8 Å². The maximum Gasteiger partial charge on any atom is 0.122 e. The molecular formula is C19H19ClO. The molecule has 0 aliphatic rings. The normalized spacial score (nSPS) is 9.81. The molecule has 2 aromatic rings. The van der Waals surface area contributed by atoms with Crippen molar-refractivity contribution in [3.05, 3.63) is 65.2 Å². The lowest BCUT2D eigenvalue weighted by atomic mass is 10.1. The first-order valence-corrected chi connectivity index (χ1v) is 7.65. The molecule has 0 saturated heterocycles. The third-order valence-corrected chi connectivity index (χ3v) is 3.32. The molecule has 0 saturated carbocycles. The largest absolute Gasteiger partial charge is 0.493 e. The highest BCUT2D eigenvalue weighted by atomic mass is 35.5. The maximum absolute atomic E-state index is 5.84. The van der Waals surface area contributed by atoms with Crippen molar-refractivity contribution < 1.29 is 4.74 Å².